The number of benzene rings is 1. The Balaban J connectivity index is 1.75. The molecule has 0 radical (unpaired) electrons. The van der Waals surface area contributed by atoms with Crippen LogP contribution in [0.4, 0.5) is 0 Å². The fraction of sp³-hybridized carbons (Fsp3) is 0.524. The molecule has 27 heavy (non-hydrogen) atoms. The molecule has 2 aliphatic rings. The van der Waals surface area contributed by atoms with Gasteiger partial charge in [0, 0.05) is 48.7 Å². The molecule has 2 heterocycles. The molecule has 144 valence electrons. The molecule has 0 atom stereocenters. The van der Waals surface area contributed by atoms with Gasteiger partial charge in [0.15, 0.2) is 0 Å². The highest BCUT2D eigenvalue weighted by molar-refractivity contribution is 7.98. The van der Waals surface area contributed by atoms with Crippen LogP contribution < -0.4 is 5.56 Å². The lowest BCUT2D eigenvalue weighted by Gasteiger charge is -2.32. The second-order valence-corrected chi connectivity index (χ2v) is 8.62. The zero-order valence-electron chi connectivity index (χ0n) is 16.4. The molecule has 2 aromatic rings. The van der Waals surface area contributed by atoms with Crippen molar-refractivity contribution in [2.45, 2.75) is 37.2 Å². The molecule has 1 aromatic heterocycles. The van der Waals surface area contributed by atoms with Crippen molar-refractivity contribution in [1.29, 1.82) is 0 Å². The van der Waals surface area contributed by atoms with Gasteiger partial charge in [0.2, 0.25) is 0 Å². The quantitative estimate of drug-likeness (QED) is 0.741. The fourth-order valence-electron chi connectivity index (χ4n) is 3.70. The third-order valence-electron chi connectivity index (χ3n) is 5.70. The number of hydrogen-bond acceptors (Lipinski definition) is 5. The Hall–Kier alpha value is -1.63. The van der Waals surface area contributed by atoms with Gasteiger partial charge in [0.1, 0.15) is 0 Å². The van der Waals surface area contributed by atoms with E-state index in [9.17, 15) is 4.79 Å². The molecular weight excluding hydrogens is 356 g/mol. The van der Waals surface area contributed by atoms with E-state index >= 15 is 0 Å². The van der Waals surface area contributed by atoms with Crippen LogP contribution in [0.1, 0.15) is 30.0 Å². The van der Waals surface area contributed by atoms with Gasteiger partial charge in [-0.15, -0.1) is 11.8 Å². The maximum absolute atomic E-state index is 13.2. The van der Waals surface area contributed by atoms with E-state index < -0.39 is 0 Å². The van der Waals surface area contributed by atoms with Crippen LogP contribution in [0.3, 0.4) is 0 Å². The highest BCUT2D eigenvalue weighted by Gasteiger charge is 2.29. The second-order valence-electron chi connectivity index (χ2n) is 7.74. The summed E-state index contributed by atoms with van der Waals surface area (Å²) in [6.07, 6.45) is 4.21. The molecule has 1 aliphatic carbocycles. The van der Waals surface area contributed by atoms with Crippen molar-refractivity contribution in [3.8, 4) is 11.3 Å². The van der Waals surface area contributed by atoms with E-state index in [2.05, 4.69) is 54.3 Å². The van der Waals surface area contributed by atoms with Crippen LogP contribution in [0.5, 0.6) is 0 Å². The molecule has 0 N–H and O–H groups in total. The van der Waals surface area contributed by atoms with Crippen molar-refractivity contribution in [3.63, 3.8) is 0 Å². The largest absolute Gasteiger partial charge is 0.304 e. The number of aromatic nitrogens is 2. The van der Waals surface area contributed by atoms with Gasteiger partial charge >= 0.3 is 0 Å². The van der Waals surface area contributed by atoms with Crippen molar-refractivity contribution in [1.82, 2.24) is 19.6 Å². The average molecular weight is 385 g/mol. The number of nitrogens with zero attached hydrogens (tertiary/aromatic N) is 4. The highest BCUT2D eigenvalue weighted by atomic mass is 32.2. The molecule has 6 heteroatoms. The van der Waals surface area contributed by atoms with Crippen LogP contribution in [-0.4, -0.2) is 59.1 Å². The van der Waals surface area contributed by atoms with Crippen LogP contribution in [0.25, 0.3) is 11.3 Å². The summed E-state index contributed by atoms with van der Waals surface area (Å²) in [7, 11) is 2.16. The molecular formula is C21H28N4OS. The van der Waals surface area contributed by atoms with E-state index in [0.717, 1.165) is 67.9 Å². The fourth-order valence-corrected chi connectivity index (χ4v) is 4.16. The van der Waals surface area contributed by atoms with Gasteiger partial charge in [-0.2, -0.15) is 5.10 Å². The Kier molecular flexibility index (Phi) is 5.39. The zero-order chi connectivity index (χ0) is 19.0. The first-order valence-electron chi connectivity index (χ1n) is 9.74. The first-order valence-corrected chi connectivity index (χ1v) is 11.0. The summed E-state index contributed by atoms with van der Waals surface area (Å²) in [5.74, 6) is 0. The van der Waals surface area contributed by atoms with Crippen molar-refractivity contribution >= 4 is 11.8 Å². The maximum Gasteiger partial charge on any atom is 0.271 e. The van der Waals surface area contributed by atoms with Crippen molar-refractivity contribution in [2.75, 3.05) is 39.5 Å². The normalized spacial score (nSPS) is 18.8. The first kappa shape index (κ1) is 18.7. The summed E-state index contributed by atoms with van der Waals surface area (Å²) in [4.78, 5) is 19.1. The summed E-state index contributed by atoms with van der Waals surface area (Å²) in [5, 5.41) is 4.81. The van der Waals surface area contributed by atoms with Crippen LogP contribution in [0.15, 0.2) is 34.0 Å². The molecule has 0 bridgehead atoms. The molecule has 0 spiro atoms. The number of likely N-dealkylation sites (N-methyl/N-ethyl adjacent to an activating group) is 1. The van der Waals surface area contributed by atoms with Crippen molar-refractivity contribution < 1.29 is 0 Å². The maximum atomic E-state index is 13.2. The van der Waals surface area contributed by atoms with Gasteiger partial charge in [0.25, 0.3) is 5.56 Å². The summed E-state index contributed by atoms with van der Waals surface area (Å²) in [6.45, 7) is 6.94. The topological polar surface area (TPSA) is 41.4 Å². The van der Waals surface area contributed by atoms with Crippen molar-refractivity contribution in [2.24, 2.45) is 0 Å². The van der Waals surface area contributed by atoms with Crippen LogP contribution >= 0.6 is 11.8 Å². The number of piperazine rings is 1. The van der Waals surface area contributed by atoms with Gasteiger partial charge in [-0.05, 0) is 50.8 Å². The molecule has 1 saturated carbocycles. The van der Waals surface area contributed by atoms with Crippen molar-refractivity contribution in [3.05, 3.63) is 45.7 Å². The standard InChI is InChI=1S/C21H28N4OS/c1-15-19(14-24-11-9-23(2)10-12-24)21(26)25(17-7-8-17)22-20(15)16-5-4-6-18(13-16)27-3/h4-6,13,17H,7-12,14H2,1-3H3. The minimum Gasteiger partial charge on any atom is -0.304 e. The minimum absolute atomic E-state index is 0.110. The van der Waals surface area contributed by atoms with E-state index in [1.807, 2.05) is 0 Å². The molecule has 0 unspecified atom stereocenters. The van der Waals surface area contributed by atoms with E-state index in [4.69, 9.17) is 5.10 Å². The Morgan fingerprint density at radius 1 is 1.19 bits per heavy atom. The van der Waals surface area contributed by atoms with Gasteiger partial charge in [0.05, 0.1) is 11.7 Å². The SMILES string of the molecule is CSc1cccc(-c2nn(C3CC3)c(=O)c(CN3CCN(C)CC3)c2C)c1. The smallest absolute Gasteiger partial charge is 0.271 e. The Labute approximate surface area is 165 Å². The lowest BCUT2D eigenvalue weighted by molar-refractivity contribution is 0.147. The second kappa shape index (κ2) is 7.78. The molecule has 5 nitrogen and oxygen atoms in total. The zero-order valence-corrected chi connectivity index (χ0v) is 17.3. The monoisotopic (exact) mass is 384 g/mol. The van der Waals surface area contributed by atoms with Gasteiger partial charge in [-0.25, -0.2) is 4.68 Å². The third kappa shape index (κ3) is 3.98. The summed E-state index contributed by atoms with van der Waals surface area (Å²) in [6, 6.07) is 8.77. The third-order valence-corrected chi connectivity index (χ3v) is 6.42. The van der Waals surface area contributed by atoms with Gasteiger partial charge < -0.3 is 4.90 Å². The van der Waals surface area contributed by atoms with Crippen LogP contribution in [0, 0.1) is 6.92 Å². The predicted molar refractivity (Wildman–Crippen MR) is 111 cm³/mol. The highest BCUT2D eigenvalue weighted by Crippen LogP contribution is 2.34. The molecule has 0 amide bonds. The molecule has 1 saturated heterocycles. The lowest BCUT2D eigenvalue weighted by atomic mass is 10.0. The number of rotatable bonds is 5. The summed E-state index contributed by atoms with van der Waals surface area (Å²) >= 11 is 1.73. The van der Waals surface area contributed by atoms with E-state index in [-0.39, 0.29) is 11.6 Å². The summed E-state index contributed by atoms with van der Waals surface area (Å²) < 4.78 is 1.76. The van der Waals surface area contributed by atoms with Crippen LogP contribution in [-0.2, 0) is 6.54 Å². The molecule has 1 aromatic carbocycles. The van der Waals surface area contributed by atoms with Gasteiger partial charge in [-0.3, -0.25) is 9.69 Å². The number of hydrogen-bond donors (Lipinski definition) is 0. The van der Waals surface area contributed by atoms with E-state index in [1.165, 1.54) is 4.90 Å². The molecule has 1 aliphatic heterocycles. The lowest BCUT2D eigenvalue weighted by Crippen LogP contribution is -2.45. The predicted octanol–water partition coefficient (Wildman–Crippen LogP) is 3.02. The van der Waals surface area contributed by atoms with E-state index in [1.54, 1.807) is 16.4 Å². The average Bonchev–Trinajstić information content (AvgIpc) is 3.52. The van der Waals surface area contributed by atoms with Crippen LogP contribution in [0.2, 0.25) is 0 Å². The summed E-state index contributed by atoms with van der Waals surface area (Å²) in [5.41, 5.74) is 4.13. The first-order chi connectivity index (χ1) is 13.1. The Bertz CT molecular complexity index is 882. The molecule has 2 fully saturated rings. The molecule has 4 rings (SSSR count). The Morgan fingerprint density at radius 2 is 1.93 bits per heavy atom. The van der Waals surface area contributed by atoms with Gasteiger partial charge in [-0.1, -0.05) is 12.1 Å². The Morgan fingerprint density at radius 3 is 2.59 bits per heavy atom. The van der Waals surface area contributed by atoms with E-state index in [0.29, 0.717) is 0 Å². The minimum atomic E-state index is 0.110. The number of thioether (sulfide) groups is 1.